The van der Waals surface area contributed by atoms with E-state index in [2.05, 4.69) is 71.1 Å². The highest BCUT2D eigenvalue weighted by molar-refractivity contribution is 5.78. The van der Waals surface area contributed by atoms with E-state index in [1.165, 1.54) is 33.4 Å². The summed E-state index contributed by atoms with van der Waals surface area (Å²) < 4.78 is 12.2. The maximum absolute atomic E-state index is 6.38. The number of anilines is 1. The Balaban J connectivity index is 2.18. The minimum atomic E-state index is -0.198. The van der Waals surface area contributed by atoms with Gasteiger partial charge in [0.2, 0.25) is 0 Å². The van der Waals surface area contributed by atoms with Gasteiger partial charge in [-0.15, -0.1) is 0 Å². The Morgan fingerprint density at radius 3 is 2.56 bits per heavy atom. The average molecular weight is 368 g/mol. The Morgan fingerprint density at radius 2 is 1.89 bits per heavy atom. The van der Waals surface area contributed by atoms with E-state index in [0.717, 1.165) is 30.9 Å². The first-order valence-electron chi connectivity index (χ1n) is 9.97. The molecule has 2 aromatic rings. The summed E-state index contributed by atoms with van der Waals surface area (Å²) in [5, 5.41) is 3.35. The minimum Gasteiger partial charge on any atom is -0.493 e. The van der Waals surface area contributed by atoms with Crippen LogP contribution in [-0.4, -0.2) is 19.3 Å². The molecule has 3 nitrogen and oxygen atoms in total. The van der Waals surface area contributed by atoms with E-state index in [1.807, 2.05) is 7.05 Å². The van der Waals surface area contributed by atoms with E-state index in [4.69, 9.17) is 9.47 Å². The van der Waals surface area contributed by atoms with Crippen molar-refractivity contribution in [1.29, 1.82) is 0 Å². The molecule has 0 radical (unpaired) electrons. The number of nitrogens with one attached hydrogen (secondary N) is 1. The van der Waals surface area contributed by atoms with Crippen LogP contribution in [0.1, 0.15) is 62.5 Å². The van der Waals surface area contributed by atoms with Crippen LogP contribution in [0.2, 0.25) is 0 Å². The van der Waals surface area contributed by atoms with E-state index < -0.39 is 0 Å². The van der Waals surface area contributed by atoms with Gasteiger partial charge in [0, 0.05) is 12.7 Å². The van der Waals surface area contributed by atoms with Crippen molar-refractivity contribution in [1.82, 2.24) is 0 Å². The summed E-state index contributed by atoms with van der Waals surface area (Å²) in [7, 11) is 1.98. The highest BCUT2D eigenvalue weighted by Crippen LogP contribution is 2.41. The van der Waals surface area contributed by atoms with Crippen molar-refractivity contribution in [2.45, 2.75) is 66.1 Å². The number of benzene rings is 2. The zero-order valence-electron chi connectivity index (χ0n) is 17.8. The number of fused-ring (bicyclic) bond motifs is 1. The molecule has 1 atom stereocenters. The van der Waals surface area contributed by atoms with Crippen LogP contribution in [0.4, 0.5) is 5.69 Å². The van der Waals surface area contributed by atoms with E-state index >= 15 is 0 Å². The quantitative estimate of drug-likeness (QED) is 0.696. The number of ether oxygens (including phenoxy) is 2. The predicted octanol–water partition coefficient (Wildman–Crippen LogP) is 6.21. The van der Waals surface area contributed by atoms with Crippen molar-refractivity contribution in [2.75, 3.05) is 19.0 Å². The maximum Gasteiger partial charge on any atom is 0.122 e. The minimum absolute atomic E-state index is 0.000664. The fourth-order valence-electron chi connectivity index (χ4n) is 4.20. The largest absolute Gasteiger partial charge is 0.493 e. The molecule has 1 aliphatic rings. The lowest BCUT2D eigenvalue weighted by molar-refractivity contribution is -0.0529. The molecule has 0 amide bonds. The van der Waals surface area contributed by atoms with Gasteiger partial charge in [0.05, 0.1) is 18.3 Å². The molecule has 0 bridgehead atoms. The first-order valence-corrected chi connectivity index (χ1v) is 9.97. The number of hydrogen-bond acceptors (Lipinski definition) is 3. The van der Waals surface area contributed by atoms with Crippen molar-refractivity contribution in [3.8, 4) is 16.9 Å². The van der Waals surface area contributed by atoms with Gasteiger partial charge in [-0.25, -0.2) is 0 Å². The Bertz CT molecular complexity index is 833. The molecule has 0 saturated carbocycles. The second-order valence-corrected chi connectivity index (χ2v) is 8.55. The number of hydrogen-bond donors (Lipinski definition) is 1. The van der Waals surface area contributed by atoms with Crippen LogP contribution < -0.4 is 10.1 Å². The van der Waals surface area contributed by atoms with Crippen LogP contribution in [0, 0.1) is 13.8 Å². The van der Waals surface area contributed by atoms with Gasteiger partial charge in [0.25, 0.3) is 0 Å². The summed E-state index contributed by atoms with van der Waals surface area (Å²) in [4.78, 5) is 0. The summed E-state index contributed by atoms with van der Waals surface area (Å²) in [6, 6.07) is 8.87. The zero-order valence-corrected chi connectivity index (χ0v) is 17.8. The van der Waals surface area contributed by atoms with Crippen molar-refractivity contribution >= 4 is 5.69 Å². The second kappa shape index (κ2) is 7.55. The molecule has 1 unspecified atom stereocenters. The van der Waals surface area contributed by atoms with Crippen LogP contribution in [0.15, 0.2) is 24.3 Å². The normalized spacial score (nSPS) is 15.1. The molecule has 146 valence electrons. The molecule has 0 aliphatic carbocycles. The Labute approximate surface area is 164 Å². The van der Waals surface area contributed by atoms with Gasteiger partial charge in [-0.3, -0.25) is 0 Å². The van der Waals surface area contributed by atoms with Crippen molar-refractivity contribution < 1.29 is 9.47 Å². The first-order chi connectivity index (χ1) is 12.7. The van der Waals surface area contributed by atoms with Gasteiger partial charge < -0.3 is 14.8 Å². The molecule has 0 spiro atoms. The molecule has 27 heavy (non-hydrogen) atoms. The van der Waals surface area contributed by atoms with E-state index in [0.29, 0.717) is 0 Å². The Hall–Kier alpha value is -2.00. The summed E-state index contributed by atoms with van der Waals surface area (Å²) >= 11 is 0. The fraction of sp³-hybridized carbons (Fsp3) is 0.500. The summed E-state index contributed by atoms with van der Waals surface area (Å²) in [6.07, 6.45) is 2.17. The van der Waals surface area contributed by atoms with Crippen LogP contribution in [0.5, 0.6) is 5.75 Å². The molecule has 1 aliphatic heterocycles. The van der Waals surface area contributed by atoms with Crippen molar-refractivity contribution in [2.24, 2.45) is 0 Å². The third kappa shape index (κ3) is 4.14. The molecule has 0 fully saturated rings. The third-order valence-electron chi connectivity index (χ3n) is 5.24. The van der Waals surface area contributed by atoms with Gasteiger partial charge in [0.15, 0.2) is 0 Å². The third-order valence-corrected chi connectivity index (χ3v) is 5.24. The molecule has 2 aromatic carbocycles. The SMILES string of the molecule is CNc1cc(C)c(-c2ccc3c(c2)CCCO3)c(C(C)OC(C)(C)C)c1C. The number of rotatable bonds is 4. The maximum atomic E-state index is 6.38. The molecule has 3 heteroatoms. The second-order valence-electron chi connectivity index (χ2n) is 8.55. The molecular formula is C24H33NO2. The lowest BCUT2D eigenvalue weighted by Crippen LogP contribution is -2.22. The molecule has 3 rings (SSSR count). The molecule has 1 heterocycles. The predicted molar refractivity (Wildman–Crippen MR) is 114 cm³/mol. The van der Waals surface area contributed by atoms with Gasteiger partial charge in [-0.05, 0) is 106 Å². The molecular weight excluding hydrogens is 334 g/mol. The highest BCUT2D eigenvalue weighted by Gasteiger charge is 2.24. The van der Waals surface area contributed by atoms with Gasteiger partial charge >= 0.3 is 0 Å². The molecule has 0 aromatic heterocycles. The average Bonchev–Trinajstić information content (AvgIpc) is 2.61. The summed E-state index contributed by atoms with van der Waals surface area (Å²) in [5.74, 6) is 1.03. The Morgan fingerprint density at radius 1 is 1.15 bits per heavy atom. The van der Waals surface area contributed by atoms with Crippen LogP contribution in [-0.2, 0) is 11.2 Å². The van der Waals surface area contributed by atoms with Gasteiger partial charge in [0.1, 0.15) is 5.75 Å². The lowest BCUT2D eigenvalue weighted by atomic mass is 9.86. The topological polar surface area (TPSA) is 30.5 Å². The summed E-state index contributed by atoms with van der Waals surface area (Å²) in [6.45, 7) is 13.7. The first kappa shape index (κ1) is 19.8. The highest BCUT2D eigenvalue weighted by atomic mass is 16.5. The molecule has 0 saturated heterocycles. The summed E-state index contributed by atoms with van der Waals surface area (Å²) in [5.41, 5.74) is 8.60. The van der Waals surface area contributed by atoms with Crippen molar-refractivity contribution in [3.63, 3.8) is 0 Å². The zero-order chi connectivity index (χ0) is 19.8. The number of aryl methyl sites for hydroxylation is 2. The monoisotopic (exact) mass is 367 g/mol. The standard InChI is InChI=1S/C24H33NO2/c1-15-13-20(25-7)16(2)23(17(3)27-24(4,5)6)22(15)19-10-11-21-18(14-19)9-8-12-26-21/h10-11,13-14,17,25H,8-9,12H2,1-7H3. The van der Waals surface area contributed by atoms with Crippen molar-refractivity contribution in [3.05, 3.63) is 46.5 Å². The van der Waals surface area contributed by atoms with E-state index in [-0.39, 0.29) is 11.7 Å². The van der Waals surface area contributed by atoms with Gasteiger partial charge in [-0.2, -0.15) is 0 Å². The van der Waals surface area contributed by atoms with Crippen LogP contribution in [0.3, 0.4) is 0 Å². The van der Waals surface area contributed by atoms with E-state index in [9.17, 15) is 0 Å². The smallest absolute Gasteiger partial charge is 0.122 e. The van der Waals surface area contributed by atoms with Gasteiger partial charge in [-0.1, -0.05) is 6.07 Å². The fourth-order valence-corrected chi connectivity index (χ4v) is 4.20. The van der Waals surface area contributed by atoms with Crippen LogP contribution >= 0.6 is 0 Å². The van der Waals surface area contributed by atoms with Crippen LogP contribution in [0.25, 0.3) is 11.1 Å². The lowest BCUT2D eigenvalue weighted by Gasteiger charge is -2.30. The van der Waals surface area contributed by atoms with E-state index in [1.54, 1.807) is 0 Å². The molecule has 1 N–H and O–H groups in total. The Kier molecular flexibility index (Phi) is 5.53.